The van der Waals surface area contributed by atoms with Crippen molar-refractivity contribution in [2.45, 2.75) is 32.1 Å². The lowest BCUT2D eigenvalue weighted by Crippen LogP contribution is -2.41. The van der Waals surface area contributed by atoms with Crippen LogP contribution in [0, 0.1) is 11.2 Å². The summed E-state index contributed by atoms with van der Waals surface area (Å²) in [5.41, 5.74) is 2.82. The molecule has 1 fully saturated rings. The first-order chi connectivity index (χ1) is 9.22. The zero-order valence-corrected chi connectivity index (χ0v) is 11.7. The minimum absolute atomic E-state index is 0.111. The Morgan fingerprint density at radius 2 is 2.11 bits per heavy atom. The van der Waals surface area contributed by atoms with Crippen LogP contribution in [-0.4, -0.2) is 26.7 Å². The van der Waals surface area contributed by atoms with Crippen LogP contribution >= 0.6 is 0 Å². The normalized spacial score (nSPS) is 20.8. The number of benzene rings is 1. The fraction of sp³-hybridized carbons (Fsp3) is 0.625. The molecule has 2 nitrogen and oxygen atoms in total. The van der Waals surface area contributed by atoms with E-state index < -0.39 is 0 Å². The molecule has 1 aromatic carbocycles. The smallest absolute Gasteiger partial charge is 0.125 e. The third-order valence-corrected chi connectivity index (χ3v) is 4.78. The molecule has 3 rings (SSSR count). The summed E-state index contributed by atoms with van der Waals surface area (Å²) in [6, 6.07) is 5.25. The molecule has 2 aliphatic rings. The van der Waals surface area contributed by atoms with Gasteiger partial charge in [-0.25, -0.2) is 4.39 Å². The van der Waals surface area contributed by atoms with E-state index in [9.17, 15) is 4.39 Å². The minimum atomic E-state index is -0.111. The molecular weight excluding hydrogens is 239 g/mol. The van der Waals surface area contributed by atoms with Crippen LogP contribution in [-0.2, 0) is 6.42 Å². The summed E-state index contributed by atoms with van der Waals surface area (Å²) in [6.45, 7) is 3.20. The Balaban J connectivity index is 1.79. The Labute approximate surface area is 115 Å². The fourth-order valence-corrected chi connectivity index (χ4v) is 3.88. The number of hydrogen-bond acceptors (Lipinski definition) is 2. The third-order valence-electron chi connectivity index (χ3n) is 4.78. The highest BCUT2D eigenvalue weighted by Crippen LogP contribution is 2.41. The van der Waals surface area contributed by atoms with Gasteiger partial charge in [-0.1, -0.05) is 18.9 Å². The highest BCUT2D eigenvalue weighted by atomic mass is 19.1. The van der Waals surface area contributed by atoms with Crippen LogP contribution < -0.4 is 10.2 Å². The van der Waals surface area contributed by atoms with Crippen molar-refractivity contribution in [1.29, 1.82) is 0 Å². The van der Waals surface area contributed by atoms with Gasteiger partial charge in [0.15, 0.2) is 0 Å². The monoisotopic (exact) mass is 262 g/mol. The molecule has 1 N–H and O–H groups in total. The van der Waals surface area contributed by atoms with Crippen molar-refractivity contribution in [3.05, 3.63) is 29.6 Å². The number of hydrogen-bond donors (Lipinski definition) is 1. The van der Waals surface area contributed by atoms with E-state index in [1.165, 1.54) is 31.2 Å². The SMILES string of the molecule is CNCC1(CN2CCc3ccc(F)cc32)CCCC1. The van der Waals surface area contributed by atoms with Gasteiger partial charge >= 0.3 is 0 Å². The van der Waals surface area contributed by atoms with E-state index >= 15 is 0 Å². The number of rotatable bonds is 4. The summed E-state index contributed by atoms with van der Waals surface area (Å²) in [5, 5.41) is 3.36. The maximum Gasteiger partial charge on any atom is 0.125 e. The van der Waals surface area contributed by atoms with Gasteiger partial charge in [-0.05, 0) is 44.0 Å². The predicted molar refractivity (Wildman–Crippen MR) is 77.1 cm³/mol. The molecule has 1 aliphatic carbocycles. The van der Waals surface area contributed by atoms with Crippen LogP contribution in [0.25, 0.3) is 0 Å². The Morgan fingerprint density at radius 1 is 1.32 bits per heavy atom. The second-order valence-corrected chi connectivity index (χ2v) is 6.18. The zero-order valence-electron chi connectivity index (χ0n) is 11.7. The van der Waals surface area contributed by atoms with Crippen molar-refractivity contribution in [1.82, 2.24) is 5.32 Å². The van der Waals surface area contributed by atoms with E-state index in [1.54, 1.807) is 12.1 Å². The molecule has 0 bridgehead atoms. The van der Waals surface area contributed by atoms with Gasteiger partial charge in [0, 0.05) is 30.7 Å². The van der Waals surface area contributed by atoms with Gasteiger partial charge < -0.3 is 10.2 Å². The maximum absolute atomic E-state index is 13.5. The summed E-state index contributed by atoms with van der Waals surface area (Å²) in [7, 11) is 2.04. The highest BCUT2D eigenvalue weighted by Gasteiger charge is 2.36. The van der Waals surface area contributed by atoms with E-state index in [4.69, 9.17) is 0 Å². The van der Waals surface area contributed by atoms with Gasteiger partial charge in [-0.2, -0.15) is 0 Å². The van der Waals surface area contributed by atoms with Crippen LogP contribution in [0.2, 0.25) is 0 Å². The van der Waals surface area contributed by atoms with Crippen molar-refractivity contribution < 1.29 is 4.39 Å². The van der Waals surface area contributed by atoms with E-state index in [2.05, 4.69) is 10.2 Å². The molecule has 0 unspecified atom stereocenters. The second kappa shape index (κ2) is 5.12. The average molecular weight is 262 g/mol. The van der Waals surface area contributed by atoms with Crippen LogP contribution in [0.3, 0.4) is 0 Å². The van der Waals surface area contributed by atoms with Gasteiger partial charge in [0.1, 0.15) is 5.82 Å². The Hall–Kier alpha value is -1.09. The number of nitrogens with one attached hydrogen (secondary N) is 1. The van der Waals surface area contributed by atoms with E-state index in [0.29, 0.717) is 5.41 Å². The second-order valence-electron chi connectivity index (χ2n) is 6.18. The first-order valence-corrected chi connectivity index (χ1v) is 7.40. The molecule has 0 spiro atoms. The molecule has 1 saturated carbocycles. The molecular formula is C16H23FN2. The third kappa shape index (κ3) is 2.48. The number of fused-ring (bicyclic) bond motifs is 1. The average Bonchev–Trinajstić information content (AvgIpc) is 2.99. The van der Waals surface area contributed by atoms with E-state index in [0.717, 1.165) is 31.7 Å². The van der Waals surface area contributed by atoms with Gasteiger partial charge in [0.05, 0.1) is 0 Å². The number of halogens is 1. The topological polar surface area (TPSA) is 15.3 Å². The Kier molecular flexibility index (Phi) is 3.48. The molecule has 0 radical (unpaired) electrons. The minimum Gasteiger partial charge on any atom is -0.370 e. The molecule has 104 valence electrons. The summed E-state index contributed by atoms with van der Waals surface area (Å²) in [5.74, 6) is -0.111. The van der Waals surface area contributed by atoms with Crippen LogP contribution in [0.4, 0.5) is 10.1 Å². The summed E-state index contributed by atoms with van der Waals surface area (Å²) in [6.07, 6.45) is 6.34. The lowest BCUT2D eigenvalue weighted by atomic mass is 9.85. The van der Waals surface area contributed by atoms with Gasteiger partial charge in [0.25, 0.3) is 0 Å². The van der Waals surface area contributed by atoms with Crippen molar-refractivity contribution in [2.75, 3.05) is 31.6 Å². The standard InChI is InChI=1S/C16H23FN2/c1-18-11-16(7-2-3-8-16)12-19-9-6-13-4-5-14(17)10-15(13)19/h4-5,10,18H,2-3,6-9,11-12H2,1H3. The number of nitrogens with zero attached hydrogens (tertiary/aromatic N) is 1. The summed E-state index contributed by atoms with van der Waals surface area (Å²) >= 11 is 0. The van der Waals surface area contributed by atoms with Crippen molar-refractivity contribution in [2.24, 2.45) is 5.41 Å². The molecule has 3 heteroatoms. The largest absolute Gasteiger partial charge is 0.370 e. The Morgan fingerprint density at radius 3 is 2.84 bits per heavy atom. The Bertz CT molecular complexity index is 452. The lowest BCUT2D eigenvalue weighted by molar-refractivity contribution is 0.292. The van der Waals surface area contributed by atoms with Crippen LogP contribution in [0.15, 0.2) is 18.2 Å². The van der Waals surface area contributed by atoms with Crippen molar-refractivity contribution in [3.63, 3.8) is 0 Å². The fourth-order valence-electron chi connectivity index (χ4n) is 3.88. The molecule has 1 heterocycles. The molecule has 19 heavy (non-hydrogen) atoms. The van der Waals surface area contributed by atoms with Gasteiger partial charge in [-0.3, -0.25) is 0 Å². The highest BCUT2D eigenvalue weighted by molar-refractivity contribution is 5.58. The number of anilines is 1. The van der Waals surface area contributed by atoms with Crippen molar-refractivity contribution >= 4 is 5.69 Å². The van der Waals surface area contributed by atoms with E-state index in [1.807, 2.05) is 13.1 Å². The van der Waals surface area contributed by atoms with E-state index in [-0.39, 0.29) is 5.82 Å². The van der Waals surface area contributed by atoms with Gasteiger partial charge in [0.2, 0.25) is 0 Å². The maximum atomic E-state index is 13.5. The quantitative estimate of drug-likeness (QED) is 0.897. The molecule has 1 aromatic rings. The molecule has 0 atom stereocenters. The molecule has 0 amide bonds. The van der Waals surface area contributed by atoms with Crippen LogP contribution in [0.1, 0.15) is 31.2 Å². The lowest BCUT2D eigenvalue weighted by Gasteiger charge is -2.35. The van der Waals surface area contributed by atoms with Crippen molar-refractivity contribution in [3.8, 4) is 0 Å². The summed E-state index contributed by atoms with van der Waals surface area (Å²) < 4.78 is 13.5. The first-order valence-electron chi connectivity index (χ1n) is 7.40. The molecule has 0 saturated heterocycles. The van der Waals surface area contributed by atoms with Gasteiger partial charge in [-0.15, -0.1) is 0 Å². The molecule has 1 aliphatic heterocycles. The van der Waals surface area contributed by atoms with Crippen LogP contribution in [0.5, 0.6) is 0 Å². The summed E-state index contributed by atoms with van der Waals surface area (Å²) in [4.78, 5) is 2.40. The first kappa shape index (κ1) is 12.9. The zero-order chi connectivity index (χ0) is 13.3. The molecule has 0 aromatic heterocycles. The predicted octanol–water partition coefficient (Wildman–Crippen LogP) is 2.97.